The van der Waals surface area contributed by atoms with Crippen molar-refractivity contribution >= 4 is 0 Å². The van der Waals surface area contributed by atoms with Gasteiger partial charge >= 0.3 is 6.18 Å². The normalized spacial score (nSPS) is 33.2. The van der Waals surface area contributed by atoms with Gasteiger partial charge in [0.25, 0.3) is 0 Å². The molecule has 0 amide bonds. The Labute approximate surface area is 94.2 Å². The second-order valence-corrected chi connectivity index (χ2v) is 4.93. The molecule has 2 unspecified atom stereocenters. The van der Waals surface area contributed by atoms with Crippen molar-refractivity contribution in [2.45, 2.75) is 37.9 Å². The van der Waals surface area contributed by atoms with E-state index in [1.54, 1.807) is 0 Å². The van der Waals surface area contributed by atoms with Gasteiger partial charge < -0.3 is 10.2 Å². The highest BCUT2D eigenvalue weighted by atomic mass is 19.4. The summed E-state index contributed by atoms with van der Waals surface area (Å²) in [6.45, 7) is 2.82. The van der Waals surface area contributed by atoms with Crippen molar-refractivity contribution in [3.05, 3.63) is 0 Å². The molecule has 2 rings (SSSR count). The molecule has 2 fully saturated rings. The summed E-state index contributed by atoms with van der Waals surface area (Å²) in [5, 5.41) is 3.33. The van der Waals surface area contributed by atoms with Crippen molar-refractivity contribution < 1.29 is 13.2 Å². The van der Waals surface area contributed by atoms with Crippen LogP contribution in [0.3, 0.4) is 0 Å². The van der Waals surface area contributed by atoms with Gasteiger partial charge in [-0.1, -0.05) is 0 Å². The van der Waals surface area contributed by atoms with Crippen molar-refractivity contribution in [2.24, 2.45) is 5.92 Å². The van der Waals surface area contributed by atoms with Crippen molar-refractivity contribution in [2.75, 3.05) is 26.2 Å². The standard InChI is InChI=1S/C11H19F3N2/c12-11(13,14)9-3-2-6-16(7-9)8-10-4-1-5-15-10/h9-10,15H,1-8H2. The summed E-state index contributed by atoms with van der Waals surface area (Å²) in [7, 11) is 0. The minimum absolute atomic E-state index is 0.196. The molecule has 0 aromatic heterocycles. The molecule has 2 aliphatic rings. The second kappa shape index (κ2) is 4.92. The van der Waals surface area contributed by atoms with Crippen LogP contribution in [0, 0.1) is 5.92 Å². The monoisotopic (exact) mass is 236 g/mol. The maximum atomic E-state index is 12.6. The summed E-state index contributed by atoms with van der Waals surface area (Å²) in [6, 6.07) is 0.409. The summed E-state index contributed by atoms with van der Waals surface area (Å²) >= 11 is 0. The first kappa shape index (κ1) is 12.2. The molecule has 2 nitrogen and oxygen atoms in total. The molecule has 0 aliphatic carbocycles. The van der Waals surface area contributed by atoms with E-state index in [0.717, 1.165) is 32.5 Å². The smallest absolute Gasteiger partial charge is 0.313 e. The van der Waals surface area contributed by atoms with E-state index >= 15 is 0 Å². The molecule has 0 aromatic rings. The molecule has 5 heteroatoms. The van der Waals surface area contributed by atoms with E-state index in [0.29, 0.717) is 18.9 Å². The Hall–Kier alpha value is -0.290. The summed E-state index contributed by atoms with van der Waals surface area (Å²) < 4.78 is 37.8. The van der Waals surface area contributed by atoms with Gasteiger partial charge in [0.2, 0.25) is 0 Å². The predicted molar refractivity (Wildman–Crippen MR) is 56.2 cm³/mol. The molecule has 2 atom stereocenters. The van der Waals surface area contributed by atoms with Gasteiger partial charge in [-0.2, -0.15) is 13.2 Å². The fourth-order valence-corrected chi connectivity index (χ4v) is 2.71. The van der Waals surface area contributed by atoms with Crippen LogP contribution in [0.2, 0.25) is 0 Å². The summed E-state index contributed by atoms with van der Waals surface area (Å²) in [5.74, 6) is -1.11. The number of piperidine rings is 1. The predicted octanol–water partition coefficient (Wildman–Crippen LogP) is 2.01. The first-order chi connectivity index (χ1) is 7.55. The number of hydrogen-bond acceptors (Lipinski definition) is 2. The van der Waals surface area contributed by atoms with Crippen molar-refractivity contribution in [3.8, 4) is 0 Å². The van der Waals surface area contributed by atoms with Gasteiger partial charge in [0.15, 0.2) is 0 Å². The number of rotatable bonds is 2. The van der Waals surface area contributed by atoms with E-state index in [9.17, 15) is 13.2 Å². The number of likely N-dealkylation sites (tertiary alicyclic amines) is 1. The molecule has 0 saturated carbocycles. The van der Waals surface area contributed by atoms with E-state index in [1.807, 2.05) is 4.90 Å². The molecular formula is C11H19F3N2. The van der Waals surface area contributed by atoms with Gasteiger partial charge in [-0.15, -0.1) is 0 Å². The lowest BCUT2D eigenvalue weighted by molar-refractivity contribution is -0.186. The van der Waals surface area contributed by atoms with Crippen LogP contribution >= 0.6 is 0 Å². The third-order valence-electron chi connectivity index (χ3n) is 3.61. The van der Waals surface area contributed by atoms with E-state index in [2.05, 4.69) is 5.32 Å². The lowest BCUT2D eigenvalue weighted by atomic mass is 9.97. The molecule has 2 saturated heterocycles. The molecule has 2 heterocycles. The number of halogens is 3. The Morgan fingerprint density at radius 1 is 1.19 bits per heavy atom. The first-order valence-electron chi connectivity index (χ1n) is 6.08. The highest BCUT2D eigenvalue weighted by Gasteiger charge is 2.41. The Kier molecular flexibility index (Phi) is 3.74. The fraction of sp³-hybridized carbons (Fsp3) is 1.00. The van der Waals surface area contributed by atoms with Crippen LogP contribution in [0.5, 0.6) is 0 Å². The quantitative estimate of drug-likeness (QED) is 0.789. The first-order valence-corrected chi connectivity index (χ1v) is 6.08. The maximum Gasteiger partial charge on any atom is 0.393 e. The third-order valence-corrected chi connectivity index (χ3v) is 3.61. The Morgan fingerprint density at radius 2 is 2.00 bits per heavy atom. The average molecular weight is 236 g/mol. The highest BCUT2D eigenvalue weighted by molar-refractivity contribution is 4.83. The Morgan fingerprint density at radius 3 is 2.62 bits per heavy atom. The zero-order valence-corrected chi connectivity index (χ0v) is 9.39. The van der Waals surface area contributed by atoms with Crippen molar-refractivity contribution in [3.63, 3.8) is 0 Å². The highest BCUT2D eigenvalue weighted by Crippen LogP contribution is 2.33. The molecular weight excluding hydrogens is 217 g/mol. The van der Waals surface area contributed by atoms with Crippen molar-refractivity contribution in [1.29, 1.82) is 0 Å². The molecule has 1 N–H and O–H groups in total. The molecule has 0 aromatic carbocycles. The Bertz CT molecular complexity index is 224. The molecule has 0 bridgehead atoms. The molecule has 94 valence electrons. The van der Waals surface area contributed by atoms with Crippen LogP contribution in [-0.2, 0) is 0 Å². The third kappa shape index (κ3) is 3.10. The minimum Gasteiger partial charge on any atom is -0.313 e. The van der Waals surface area contributed by atoms with Gasteiger partial charge in [-0.05, 0) is 38.8 Å². The SMILES string of the molecule is FC(F)(F)C1CCCN(CC2CCCN2)C1. The summed E-state index contributed by atoms with van der Waals surface area (Å²) in [6.07, 6.45) is -0.773. The van der Waals surface area contributed by atoms with E-state index in [-0.39, 0.29) is 6.54 Å². The zero-order valence-electron chi connectivity index (χ0n) is 9.39. The average Bonchev–Trinajstić information content (AvgIpc) is 2.70. The van der Waals surface area contributed by atoms with Gasteiger partial charge in [0.05, 0.1) is 5.92 Å². The van der Waals surface area contributed by atoms with Crippen LogP contribution in [0.1, 0.15) is 25.7 Å². The van der Waals surface area contributed by atoms with Gasteiger partial charge in [-0.25, -0.2) is 0 Å². The second-order valence-electron chi connectivity index (χ2n) is 4.93. The van der Waals surface area contributed by atoms with Gasteiger partial charge in [0, 0.05) is 19.1 Å². The minimum atomic E-state index is -4.01. The number of alkyl halides is 3. The maximum absolute atomic E-state index is 12.6. The summed E-state index contributed by atoms with van der Waals surface area (Å²) in [5.41, 5.74) is 0. The Balaban J connectivity index is 1.81. The van der Waals surface area contributed by atoms with Crippen LogP contribution in [0.15, 0.2) is 0 Å². The van der Waals surface area contributed by atoms with Crippen LogP contribution < -0.4 is 5.32 Å². The molecule has 0 radical (unpaired) electrons. The topological polar surface area (TPSA) is 15.3 Å². The molecule has 2 aliphatic heterocycles. The van der Waals surface area contributed by atoms with Crippen LogP contribution in [-0.4, -0.2) is 43.3 Å². The number of hydrogen-bond donors (Lipinski definition) is 1. The van der Waals surface area contributed by atoms with E-state index in [1.165, 1.54) is 0 Å². The summed E-state index contributed by atoms with van der Waals surface area (Å²) in [4.78, 5) is 1.98. The van der Waals surface area contributed by atoms with Crippen LogP contribution in [0.25, 0.3) is 0 Å². The van der Waals surface area contributed by atoms with E-state index in [4.69, 9.17) is 0 Å². The number of nitrogens with zero attached hydrogens (tertiary/aromatic N) is 1. The lowest BCUT2D eigenvalue weighted by Crippen LogP contribution is -2.46. The lowest BCUT2D eigenvalue weighted by Gasteiger charge is -2.35. The fourth-order valence-electron chi connectivity index (χ4n) is 2.71. The zero-order chi connectivity index (χ0) is 11.6. The van der Waals surface area contributed by atoms with E-state index < -0.39 is 12.1 Å². The van der Waals surface area contributed by atoms with Gasteiger partial charge in [-0.3, -0.25) is 0 Å². The molecule has 0 spiro atoms. The number of nitrogens with one attached hydrogen (secondary N) is 1. The van der Waals surface area contributed by atoms with Crippen LogP contribution in [0.4, 0.5) is 13.2 Å². The van der Waals surface area contributed by atoms with Crippen molar-refractivity contribution in [1.82, 2.24) is 10.2 Å². The molecule has 16 heavy (non-hydrogen) atoms. The largest absolute Gasteiger partial charge is 0.393 e. The van der Waals surface area contributed by atoms with Gasteiger partial charge in [0.1, 0.15) is 0 Å².